The number of carbonyl (C=O) groups excluding carboxylic acids is 2. The van der Waals surface area contributed by atoms with Crippen LogP contribution in [0.4, 0.5) is 11.7 Å². The molecular weight excluding hydrogens is 384 g/mol. The van der Waals surface area contributed by atoms with E-state index in [9.17, 15) is 9.59 Å². The first kappa shape index (κ1) is 19.8. The topological polar surface area (TPSA) is 106 Å². The van der Waals surface area contributed by atoms with E-state index < -0.39 is 5.92 Å². The van der Waals surface area contributed by atoms with Crippen LogP contribution in [0.1, 0.15) is 37.4 Å². The highest BCUT2D eigenvalue weighted by atomic mass is 16.4. The SMILES string of the molecule is Cc1ccc(N2CC(C(=O)Nc3nnc(-c4ccn(C(C)C)n4)o3)CC2=O)cc1C. The largest absolute Gasteiger partial charge is 0.401 e. The molecule has 1 fully saturated rings. The molecule has 0 radical (unpaired) electrons. The Bertz CT molecular complexity index is 1100. The zero-order valence-electron chi connectivity index (χ0n) is 17.4. The summed E-state index contributed by atoms with van der Waals surface area (Å²) in [4.78, 5) is 26.8. The van der Waals surface area contributed by atoms with Gasteiger partial charge >= 0.3 is 6.01 Å². The van der Waals surface area contributed by atoms with Crippen LogP contribution in [0.2, 0.25) is 0 Å². The van der Waals surface area contributed by atoms with Crippen LogP contribution in [0.15, 0.2) is 34.9 Å². The Kier molecular flexibility index (Phi) is 5.11. The maximum absolute atomic E-state index is 12.7. The molecule has 0 aliphatic carbocycles. The second-order valence-corrected chi connectivity index (χ2v) is 7.85. The van der Waals surface area contributed by atoms with Gasteiger partial charge in [0.25, 0.3) is 5.89 Å². The van der Waals surface area contributed by atoms with E-state index in [-0.39, 0.29) is 36.2 Å². The smallest absolute Gasteiger partial charge is 0.322 e. The summed E-state index contributed by atoms with van der Waals surface area (Å²) < 4.78 is 7.31. The van der Waals surface area contributed by atoms with Gasteiger partial charge in [-0.1, -0.05) is 11.2 Å². The van der Waals surface area contributed by atoms with Crippen molar-refractivity contribution in [1.29, 1.82) is 0 Å². The Morgan fingerprint density at radius 3 is 2.70 bits per heavy atom. The fourth-order valence-corrected chi connectivity index (χ4v) is 3.35. The third-order valence-electron chi connectivity index (χ3n) is 5.31. The highest BCUT2D eigenvalue weighted by Gasteiger charge is 2.35. The van der Waals surface area contributed by atoms with Crippen molar-refractivity contribution in [1.82, 2.24) is 20.0 Å². The molecule has 2 amide bonds. The standard InChI is InChI=1S/C21H24N6O3/c1-12(2)27-8-7-17(25-27)20-23-24-21(30-20)22-19(29)15-10-18(28)26(11-15)16-6-5-13(3)14(4)9-16/h5-9,12,15H,10-11H2,1-4H3,(H,22,24,29). The number of nitrogens with one attached hydrogen (secondary N) is 1. The number of hydrogen-bond donors (Lipinski definition) is 1. The van der Waals surface area contributed by atoms with Crippen LogP contribution in [0.3, 0.4) is 0 Å². The molecule has 30 heavy (non-hydrogen) atoms. The summed E-state index contributed by atoms with van der Waals surface area (Å²) in [6.07, 6.45) is 1.96. The number of benzene rings is 1. The predicted molar refractivity (Wildman–Crippen MR) is 111 cm³/mol. The van der Waals surface area contributed by atoms with E-state index >= 15 is 0 Å². The summed E-state index contributed by atoms with van der Waals surface area (Å²) in [5.41, 5.74) is 3.60. The van der Waals surface area contributed by atoms with Crippen molar-refractivity contribution in [2.45, 2.75) is 40.2 Å². The number of anilines is 2. The molecule has 0 saturated carbocycles. The molecule has 1 saturated heterocycles. The predicted octanol–water partition coefficient (Wildman–Crippen LogP) is 3.12. The number of nitrogens with zero attached hydrogens (tertiary/aromatic N) is 5. The van der Waals surface area contributed by atoms with E-state index in [0.29, 0.717) is 12.2 Å². The van der Waals surface area contributed by atoms with Crippen molar-refractivity contribution in [3.8, 4) is 11.6 Å². The molecule has 1 N–H and O–H groups in total. The molecule has 0 bridgehead atoms. The van der Waals surface area contributed by atoms with E-state index in [1.165, 1.54) is 0 Å². The van der Waals surface area contributed by atoms with E-state index in [2.05, 4.69) is 20.6 Å². The molecule has 2 aromatic heterocycles. The lowest BCUT2D eigenvalue weighted by molar-refractivity contribution is -0.122. The third kappa shape index (κ3) is 3.83. The van der Waals surface area contributed by atoms with Crippen LogP contribution in [-0.2, 0) is 9.59 Å². The number of aromatic nitrogens is 4. The fourth-order valence-electron chi connectivity index (χ4n) is 3.35. The summed E-state index contributed by atoms with van der Waals surface area (Å²) >= 11 is 0. The number of rotatable bonds is 5. The van der Waals surface area contributed by atoms with Gasteiger partial charge in [-0.3, -0.25) is 19.6 Å². The molecule has 1 aliphatic heterocycles. The summed E-state index contributed by atoms with van der Waals surface area (Å²) in [5.74, 6) is -0.667. The Balaban J connectivity index is 1.42. The Hall–Kier alpha value is -3.49. The van der Waals surface area contributed by atoms with Gasteiger partial charge in [0.15, 0.2) is 0 Å². The second kappa shape index (κ2) is 7.74. The van der Waals surface area contributed by atoms with E-state index in [0.717, 1.165) is 16.8 Å². The molecule has 9 heteroatoms. The lowest BCUT2D eigenvalue weighted by atomic mass is 10.1. The zero-order chi connectivity index (χ0) is 21.4. The average Bonchev–Trinajstić information content (AvgIpc) is 3.43. The van der Waals surface area contributed by atoms with Gasteiger partial charge in [0, 0.05) is 30.9 Å². The van der Waals surface area contributed by atoms with Crippen molar-refractivity contribution in [3.63, 3.8) is 0 Å². The zero-order valence-corrected chi connectivity index (χ0v) is 17.4. The lowest BCUT2D eigenvalue weighted by Gasteiger charge is -2.17. The summed E-state index contributed by atoms with van der Waals surface area (Å²) in [6, 6.07) is 7.82. The molecule has 3 heterocycles. The van der Waals surface area contributed by atoms with Crippen LogP contribution in [0.5, 0.6) is 0 Å². The van der Waals surface area contributed by atoms with Crippen molar-refractivity contribution < 1.29 is 14.0 Å². The molecule has 3 aromatic rings. The Labute approximate surface area is 174 Å². The van der Waals surface area contributed by atoms with Crippen LogP contribution < -0.4 is 10.2 Å². The minimum Gasteiger partial charge on any atom is -0.401 e. The number of carbonyl (C=O) groups is 2. The third-order valence-corrected chi connectivity index (χ3v) is 5.31. The maximum Gasteiger partial charge on any atom is 0.322 e. The van der Waals surface area contributed by atoms with Gasteiger partial charge in [0.2, 0.25) is 11.8 Å². The molecule has 1 aromatic carbocycles. The van der Waals surface area contributed by atoms with Crippen LogP contribution in [0.25, 0.3) is 11.6 Å². The second-order valence-electron chi connectivity index (χ2n) is 7.85. The molecule has 156 valence electrons. The molecule has 9 nitrogen and oxygen atoms in total. The summed E-state index contributed by atoms with van der Waals surface area (Å²) in [5, 5.41) is 14.8. The van der Waals surface area contributed by atoms with Gasteiger partial charge in [-0.25, -0.2) is 0 Å². The maximum atomic E-state index is 12.7. The van der Waals surface area contributed by atoms with Crippen LogP contribution in [-0.4, -0.2) is 38.3 Å². The normalized spacial score (nSPS) is 16.5. The minimum absolute atomic E-state index is 0.00817. The molecule has 1 atom stereocenters. The summed E-state index contributed by atoms with van der Waals surface area (Å²) in [7, 11) is 0. The first-order valence-electron chi connectivity index (χ1n) is 9.89. The molecule has 0 spiro atoms. The Morgan fingerprint density at radius 2 is 2.00 bits per heavy atom. The fraction of sp³-hybridized carbons (Fsp3) is 0.381. The first-order chi connectivity index (χ1) is 14.3. The van der Waals surface area contributed by atoms with E-state index in [4.69, 9.17) is 4.42 Å². The van der Waals surface area contributed by atoms with Crippen molar-refractivity contribution in [3.05, 3.63) is 41.6 Å². The monoisotopic (exact) mass is 408 g/mol. The quantitative estimate of drug-likeness (QED) is 0.695. The number of hydrogen-bond acceptors (Lipinski definition) is 6. The molecule has 1 aliphatic rings. The van der Waals surface area contributed by atoms with Gasteiger partial charge in [-0.2, -0.15) is 5.10 Å². The van der Waals surface area contributed by atoms with Gasteiger partial charge in [0.1, 0.15) is 5.69 Å². The van der Waals surface area contributed by atoms with Crippen LogP contribution >= 0.6 is 0 Å². The van der Waals surface area contributed by atoms with Crippen molar-refractivity contribution in [2.75, 3.05) is 16.8 Å². The van der Waals surface area contributed by atoms with Gasteiger partial charge in [-0.15, -0.1) is 5.10 Å². The molecule has 4 rings (SSSR count). The highest BCUT2D eigenvalue weighted by Crippen LogP contribution is 2.28. The first-order valence-corrected chi connectivity index (χ1v) is 9.89. The van der Waals surface area contributed by atoms with Crippen molar-refractivity contribution >= 4 is 23.5 Å². The molecular formula is C21H24N6O3. The molecule has 1 unspecified atom stereocenters. The van der Waals surface area contributed by atoms with Gasteiger partial charge in [0.05, 0.1) is 5.92 Å². The Morgan fingerprint density at radius 1 is 1.20 bits per heavy atom. The summed E-state index contributed by atoms with van der Waals surface area (Å²) in [6.45, 7) is 8.36. The average molecular weight is 408 g/mol. The van der Waals surface area contributed by atoms with E-state index in [1.807, 2.05) is 52.1 Å². The van der Waals surface area contributed by atoms with E-state index in [1.54, 1.807) is 15.6 Å². The lowest BCUT2D eigenvalue weighted by Crippen LogP contribution is -2.28. The van der Waals surface area contributed by atoms with Gasteiger partial charge < -0.3 is 9.32 Å². The van der Waals surface area contributed by atoms with Gasteiger partial charge in [-0.05, 0) is 57.0 Å². The highest BCUT2D eigenvalue weighted by molar-refractivity contribution is 6.03. The minimum atomic E-state index is -0.491. The number of amides is 2. The number of aryl methyl sites for hydroxylation is 2. The van der Waals surface area contributed by atoms with Crippen LogP contribution in [0, 0.1) is 19.8 Å². The van der Waals surface area contributed by atoms with Crippen molar-refractivity contribution in [2.24, 2.45) is 5.92 Å².